The number of ether oxygens (including phenoxy) is 1. The number of hydrogen-bond acceptors (Lipinski definition) is 5. The highest BCUT2D eigenvalue weighted by molar-refractivity contribution is 8.00. The van der Waals surface area contributed by atoms with Crippen LogP contribution >= 0.6 is 11.8 Å². The first-order valence-corrected chi connectivity index (χ1v) is 10.4. The van der Waals surface area contributed by atoms with Crippen molar-refractivity contribution < 1.29 is 9.53 Å². The van der Waals surface area contributed by atoms with Crippen LogP contribution in [-0.4, -0.2) is 33.0 Å². The van der Waals surface area contributed by atoms with Crippen LogP contribution in [0.15, 0.2) is 71.9 Å². The van der Waals surface area contributed by atoms with Gasteiger partial charge in [0.2, 0.25) is 5.91 Å². The minimum Gasteiger partial charge on any atom is -0.496 e. The third-order valence-electron chi connectivity index (χ3n) is 4.88. The first kappa shape index (κ1) is 20.0. The van der Waals surface area contributed by atoms with Crippen molar-refractivity contribution in [2.75, 3.05) is 12.4 Å². The van der Waals surface area contributed by atoms with Gasteiger partial charge in [0.1, 0.15) is 5.75 Å². The molecular formula is C23H22N4O2S. The van der Waals surface area contributed by atoms with E-state index in [9.17, 15) is 4.79 Å². The first-order valence-electron chi connectivity index (χ1n) is 9.56. The number of amides is 1. The van der Waals surface area contributed by atoms with Crippen molar-refractivity contribution in [2.24, 2.45) is 7.05 Å². The maximum absolute atomic E-state index is 12.8. The number of nitrogens with one attached hydrogen (secondary N) is 1. The standard InChI is InChI=1S/C23H22N4O2S/c1-15(22(28)24-19-13-8-10-16-9-4-5-11-17(16)19)30-23-26-25-21(27(23)2)18-12-6-7-14-20(18)29-3/h4-15H,1-3H3,(H,24,28)/t15-/m1/s1. The molecule has 30 heavy (non-hydrogen) atoms. The average Bonchev–Trinajstić information content (AvgIpc) is 3.13. The highest BCUT2D eigenvalue weighted by Gasteiger charge is 2.21. The van der Waals surface area contributed by atoms with Crippen LogP contribution in [0.4, 0.5) is 5.69 Å². The molecule has 152 valence electrons. The number of fused-ring (bicyclic) bond motifs is 1. The third-order valence-corrected chi connectivity index (χ3v) is 6.02. The van der Waals surface area contributed by atoms with E-state index < -0.39 is 0 Å². The van der Waals surface area contributed by atoms with Crippen molar-refractivity contribution in [1.29, 1.82) is 0 Å². The van der Waals surface area contributed by atoms with Crippen molar-refractivity contribution >= 4 is 34.1 Å². The molecule has 1 heterocycles. The van der Waals surface area contributed by atoms with Gasteiger partial charge < -0.3 is 14.6 Å². The fourth-order valence-corrected chi connectivity index (χ4v) is 4.08. The summed E-state index contributed by atoms with van der Waals surface area (Å²) in [6, 6.07) is 21.5. The molecule has 0 bridgehead atoms. The molecule has 3 aromatic carbocycles. The smallest absolute Gasteiger partial charge is 0.237 e. The van der Waals surface area contributed by atoms with E-state index in [0.717, 1.165) is 27.8 Å². The normalized spacial score (nSPS) is 12.0. The van der Waals surface area contributed by atoms with Gasteiger partial charge in [0.15, 0.2) is 11.0 Å². The molecule has 1 aromatic heterocycles. The van der Waals surface area contributed by atoms with Crippen molar-refractivity contribution in [3.63, 3.8) is 0 Å². The first-order chi connectivity index (χ1) is 14.6. The van der Waals surface area contributed by atoms with Crippen LogP contribution in [0.2, 0.25) is 0 Å². The van der Waals surface area contributed by atoms with Gasteiger partial charge in [-0.2, -0.15) is 0 Å². The fraction of sp³-hybridized carbons (Fsp3) is 0.174. The van der Waals surface area contributed by atoms with E-state index in [1.807, 2.05) is 85.3 Å². The molecule has 1 amide bonds. The summed E-state index contributed by atoms with van der Waals surface area (Å²) in [5.74, 6) is 1.33. The molecule has 0 saturated carbocycles. The van der Waals surface area contributed by atoms with Crippen LogP contribution in [-0.2, 0) is 11.8 Å². The Morgan fingerprint density at radius 2 is 1.77 bits per heavy atom. The number of para-hydroxylation sites is 1. The van der Waals surface area contributed by atoms with Gasteiger partial charge >= 0.3 is 0 Å². The molecule has 4 rings (SSSR count). The topological polar surface area (TPSA) is 69.0 Å². The number of hydrogen-bond donors (Lipinski definition) is 1. The fourth-order valence-electron chi connectivity index (χ4n) is 3.26. The molecule has 0 fully saturated rings. The molecule has 0 aliphatic carbocycles. The molecule has 0 saturated heterocycles. The molecule has 4 aromatic rings. The van der Waals surface area contributed by atoms with Crippen molar-refractivity contribution in [3.05, 3.63) is 66.7 Å². The summed E-state index contributed by atoms with van der Waals surface area (Å²) in [6.45, 7) is 1.86. The number of benzene rings is 3. The second-order valence-corrected chi connectivity index (χ2v) is 8.15. The number of thioether (sulfide) groups is 1. The summed E-state index contributed by atoms with van der Waals surface area (Å²) in [4.78, 5) is 12.8. The van der Waals surface area contributed by atoms with E-state index in [2.05, 4.69) is 15.5 Å². The Hall–Kier alpha value is -3.32. The largest absolute Gasteiger partial charge is 0.496 e. The van der Waals surface area contributed by atoms with Gasteiger partial charge in [0.25, 0.3) is 0 Å². The van der Waals surface area contributed by atoms with Gasteiger partial charge in [-0.1, -0.05) is 60.3 Å². The van der Waals surface area contributed by atoms with E-state index in [1.165, 1.54) is 11.8 Å². The molecule has 1 N–H and O–H groups in total. The Morgan fingerprint density at radius 3 is 2.60 bits per heavy atom. The zero-order valence-corrected chi connectivity index (χ0v) is 17.8. The van der Waals surface area contributed by atoms with Crippen LogP contribution < -0.4 is 10.1 Å². The maximum atomic E-state index is 12.8. The van der Waals surface area contributed by atoms with Crippen molar-refractivity contribution in [1.82, 2.24) is 14.8 Å². The minimum absolute atomic E-state index is 0.0850. The van der Waals surface area contributed by atoms with Crippen LogP contribution in [0.3, 0.4) is 0 Å². The van der Waals surface area contributed by atoms with Crippen molar-refractivity contribution in [2.45, 2.75) is 17.3 Å². The van der Waals surface area contributed by atoms with Crippen LogP contribution in [0.25, 0.3) is 22.2 Å². The van der Waals surface area contributed by atoms with E-state index in [-0.39, 0.29) is 11.2 Å². The molecule has 0 aliphatic heterocycles. The maximum Gasteiger partial charge on any atom is 0.237 e. The van der Waals surface area contributed by atoms with E-state index >= 15 is 0 Å². The van der Waals surface area contributed by atoms with E-state index in [1.54, 1.807) is 7.11 Å². The zero-order valence-electron chi connectivity index (χ0n) is 17.0. The van der Waals surface area contributed by atoms with E-state index in [4.69, 9.17) is 4.74 Å². The predicted molar refractivity (Wildman–Crippen MR) is 121 cm³/mol. The van der Waals surface area contributed by atoms with Gasteiger partial charge in [0, 0.05) is 18.1 Å². The van der Waals surface area contributed by atoms with Gasteiger partial charge in [0.05, 0.1) is 17.9 Å². The Kier molecular flexibility index (Phi) is 5.72. The lowest BCUT2D eigenvalue weighted by molar-refractivity contribution is -0.115. The molecular weight excluding hydrogens is 396 g/mol. The summed E-state index contributed by atoms with van der Waals surface area (Å²) in [5, 5.41) is 14.1. The molecule has 1 atom stereocenters. The number of nitrogens with zero attached hydrogens (tertiary/aromatic N) is 3. The highest BCUT2D eigenvalue weighted by atomic mass is 32.2. The lowest BCUT2D eigenvalue weighted by atomic mass is 10.1. The van der Waals surface area contributed by atoms with Gasteiger partial charge in [-0.15, -0.1) is 10.2 Å². The van der Waals surface area contributed by atoms with Crippen LogP contribution in [0.5, 0.6) is 5.75 Å². The number of methoxy groups -OCH3 is 1. The number of carbonyl (C=O) groups is 1. The zero-order chi connectivity index (χ0) is 21.1. The quantitative estimate of drug-likeness (QED) is 0.457. The second-order valence-electron chi connectivity index (χ2n) is 6.84. The molecule has 0 radical (unpaired) electrons. The van der Waals surface area contributed by atoms with Crippen LogP contribution in [0.1, 0.15) is 6.92 Å². The Morgan fingerprint density at radius 1 is 1.03 bits per heavy atom. The van der Waals surface area contributed by atoms with Crippen molar-refractivity contribution in [3.8, 4) is 17.1 Å². The van der Waals surface area contributed by atoms with Gasteiger partial charge in [-0.25, -0.2) is 0 Å². The second kappa shape index (κ2) is 8.59. The molecule has 0 aliphatic rings. The van der Waals surface area contributed by atoms with E-state index in [0.29, 0.717) is 11.0 Å². The minimum atomic E-state index is -0.350. The SMILES string of the molecule is COc1ccccc1-c1nnc(S[C@H](C)C(=O)Nc2cccc3ccccc23)n1C. The summed E-state index contributed by atoms with van der Waals surface area (Å²) in [6.07, 6.45) is 0. The lowest BCUT2D eigenvalue weighted by Gasteiger charge is -2.13. The molecule has 6 nitrogen and oxygen atoms in total. The Labute approximate surface area is 179 Å². The summed E-state index contributed by atoms with van der Waals surface area (Å²) in [7, 11) is 3.52. The highest BCUT2D eigenvalue weighted by Crippen LogP contribution is 2.31. The lowest BCUT2D eigenvalue weighted by Crippen LogP contribution is -2.23. The summed E-state index contributed by atoms with van der Waals surface area (Å²) >= 11 is 1.37. The van der Waals surface area contributed by atoms with Gasteiger partial charge in [-0.3, -0.25) is 4.79 Å². The number of rotatable bonds is 6. The number of aromatic nitrogens is 3. The van der Waals surface area contributed by atoms with Crippen LogP contribution in [0, 0.1) is 0 Å². The van der Waals surface area contributed by atoms with Gasteiger partial charge in [-0.05, 0) is 30.5 Å². The summed E-state index contributed by atoms with van der Waals surface area (Å²) < 4.78 is 7.31. The monoisotopic (exact) mass is 418 g/mol. The molecule has 0 unspecified atom stereocenters. The number of carbonyl (C=O) groups excluding carboxylic acids is 1. The summed E-state index contributed by atoms with van der Waals surface area (Å²) in [5.41, 5.74) is 1.66. The molecule has 0 spiro atoms. The third kappa shape index (κ3) is 3.89. The predicted octanol–water partition coefficient (Wildman–Crippen LogP) is 4.76. The Bertz CT molecular complexity index is 1200. The average molecular weight is 419 g/mol. The molecule has 7 heteroatoms. The number of anilines is 1. The Balaban J connectivity index is 1.52.